The number of likely N-dealkylation sites (tertiary alicyclic amines) is 1. The number of carbonyl (C=O) groups excluding carboxylic acids is 2. The van der Waals surface area contributed by atoms with Gasteiger partial charge in [-0.3, -0.25) is 14.6 Å². The minimum absolute atomic E-state index is 0.0273. The van der Waals surface area contributed by atoms with E-state index in [1.807, 2.05) is 36.9 Å². The van der Waals surface area contributed by atoms with Crippen LogP contribution in [0.1, 0.15) is 30.1 Å². The molecule has 1 fully saturated rings. The van der Waals surface area contributed by atoms with Crippen LogP contribution in [0.15, 0.2) is 36.7 Å². The van der Waals surface area contributed by atoms with Gasteiger partial charge >= 0.3 is 0 Å². The van der Waals surface area contributed by atoms with Crippen molar-refractivity contribution >= 4 is 11.8 Å². The van der Waals surface area contributed by atoms with Crippen molar-refractivity contribution in [1.82, 2.24) is 20.1 Å². The molecule has 1 aromatic rings. The van der Waals surface area contributed by atoms with E-state index >= 15 is 0 Å². The standard InChI is InChI=1S/C18H26N4O2/c1-18(14-20-16(23)8-5-11-21(2)3)9-6-12-22(18)17(24)15-7-4-10-19-13-15/h4-5,7-8,10,13H,6,9,11-12,14H2,1-3H3,(H,20,23)/b8-5+. The van der Waals surface area contributed by atoms with E-state index in [-0.39, 0.29) is 17.4 Å². The Hall–Kier alpha value is -2.21. The molecule has 1 atom stereocenters. The molecule has 0 saturated carbocycles. The summed E-state index contributed by atoms with van der Waals surface area (Å²) in [6, 6.07) is 3.54. The highest BCUT2D eigenvalue weighted by Gasteiger charge is 2.40. The van der Waals surface area contributed by atoms with Crippen molar-refractivity contribution in [3.05, 3.63) is 42.2 Å². The highest BCUT2D eigenvalue weighted by Crippen LogP contribution is 2.29. The van der Waals surface area contributed by atoms with Crippen molar-refractivity contribution < 1.29 is 9.59 Å². The zero-order chi connectivity index (χ0) is 17.6. The number of rotatable bonds is 6. The van der Waals surface area contributed by atoms with Gasteiger partial charge in [-0.15, -0.1) is 0 Å². The average molecular weight is 330 g/mol. The molecule has 2 amide bonds. The summed E-state index contributed by atoms with van der Waals surface area (Å²) < 4.78 is 0. The Labute approximate surface area is 143 Å². The SMILES string of the molecule is CN(C)C/C=C/C(=O)NCC1(C)CCCN1C(=O)c1cccnc1. The van der Waals surface area contributed by atoms with E-state index in [1.165, 1.54) is 0 Å². The van der Waals surface area contributed by atoms with Gasteiger partial charge in [0, 0.05) is 38.1 Å². The van der Waals surface area contributed by atoms with E-state index in [1.54, 1.807) is 30.6 Å². The van der Waals surface area contributed by atoms with Gasteiger partial charge < -0.3 is 15.1 Å². The quantitative estimate of drug-likeness (QED) is 0.799. The molecule has 0 aliphatic carbocycles. The number of hydrogen-bond acceptors (Lipinski definition) is 4. The maximum absolute atomic E-state index is 12.7. The van der Waals surface area contributed by atoms with Gasteiger partial charge in [0.1, 0.15) is 0 Å². The molecular weight excluding hydrogens is 304 g/mol. The number of hydrogen-bond donors (Lipinski definition) is 1. The van der Waals surface area contributed by atoms with Crippen LogP contribution in [-0.4, -0.2) is 65.9 Å². The third-order valence-electron chi connectivity index (χ3n) is 4.29. The van der Waals surface area contributed by atoms with E-state index < -0.39 is 0 Å². The first kappa shape index (κ1) is 18.1. The molecule has 130 valence electrons. The number of nitrogens with one attached hydrogen (secondary N) is 1. The molecule has 1 unspecified atom stereocenters. The summed E-state index contributed by atoms with van der Waals surface area (Å²) in [5.74, 6) is -0.153. The molecule has 1 aliphatic heterocycles. The molecule has 6 nitrogen and oxygen atoms in total. The number of pyridine rings is 1. The van der Waals surface area contributed by atoms with Gasteiger partial charge in [-0.25, -0.2) is 0 Å². The molecule has 1 aliphatic rings. The van der Waals surface area contributed by atoms with E-state index in [2.05, 4.69) is 10.3 Å². The molecule has 0 bridgehead atoms. The van der Waals surface area contributed by atoms with Gasteiger partial charge in [0.05, 0.1) is 11.1 Å². The second-order valence-corrected chi connectivity index (χ2v) is 6.68. The lowest BCUT2D eigenvalue weighted by Crippen LogP contribution is -2.52. The lowest BCUT2D eigenvalue weighted by Gasteiger charge is -2.35. The van der Waals surface area contributed by atoms with Gasteiger partial charge in [-0.1, -0.05) is 6.08 Å². The molecule has 1 aromatic heterocycles. The summed E-state index contributed by atoms with van der Waals surface area (Å²) in [4.78, 5) is 32.5. The molecule has 2 rings (SSSR count). The van der Waals surface area contributed by atoms with E-state index in [9.17, 15) is 9.59 Å². The molecule has 0 radical (unpaired) electrons. The Balaban J connectivity index is 1.96. The molecule has 1 saturated heterocycles. The minimum Gasteiger partial charge on any atom is -0.350 e. The minimum atomic E-state index is -0.363. The van der Waals surface area contributed by atoms with E-state index in [0.717, 1.165) is 19.4 Å². The third kappa shape index (κ3) is 4.64. The first-order valence-electron chi connectivity index (χ1n) is 8.23. The summed E-state index contributed by atoms with van der Waals surface area (Å²) in [6.07, 6.45) is 8.43. The average Bonchev–Trinajstić information content (AvgIpc) is 2.95. The number of aromatic nitrogens is 1. The van der Waals surface area contributed by atoms with Crippen LogP contribution in [0, 0.1) is 0 Å². The predicted molar refractivity (Wildman–Crippen MR) is 93.6 cm³/mol. The topological polar surface area (TPSA) is 65.5 Å². The van der Waals surface area contributed by atoms with Crippen LogP contribution in [0.4, 0.5) is 0 Å². The summed E-state index contributed by atoms with van der Waals surface area (Å²) >= 11 is 0. The molecular formula is C18H26N4O2. The van der Waals surface area contributed by atoms with Crippen molar-refractivity contribution in [1.29, 1.82) is 0 Å². The lowest BCUT2D eigenvalue weighted by atomic mass is 9.98. The lowest BCUT2D eigenvalue weighted by molar-refractivity contribution is -0.117. The summed E-state index contributed by atoms with van der Waals surface area (Å²) in [6.45, 7) is 3.90. The Morgan fingerprint density at radius 3 is 2.92 bits per heavy atom. The van der Waals surface area contributed by atoms with E-state index in [4.69, 9.17) is 0 Å². The van der Waals surface area contributed by atoms with Crippen molar-refractivity contribution in [3.63, 3.8) is 0 Å². The zero-order valence-corrected chi connectivity index (χ0v) is 14.7. The first-order valence-corrected chi connectivity index (χ1v) is 8.23. The van der Waals surface area contributed by atoms with Gasteiger partial charge in [0.2, 0.25) is 5.91 Å². The van der Waals surface area contributed by atoms with Crippen LogP contribution >= 0.6 is 0 Å². The molecule has 2 heterocycles. The fourth-order valence-electron chi connectivity index (χ4n) is 2.91. The smallest absolute Gasteiger partial charge is 0.255 e. The van der Waals surface area contributed by atoms with Crippen LogP contribution in [-0.2, 0) is 4.79 Å². The number of nitrogens with zero attached hydrogens (tertiary/aromatic N) is 3. The number of likely N-dealkylation sites (N-methyl/N-ethyl adjacent to an activating group) is 1. The molecule has 0 spiro atoms. The van der Waals surface area contributed by atoms with Gasteiger partial charge in [0.25, 0.3) is 5.91 Å². The number of carbonyl (C=O) groups is 2. The fourth-order valence-corrected chi connectivity index (χ4v) is 2.91. The first-order chi connectivity index (χ1) is 11.4. The third-order valence-corrected chi connectivity index (χ3v) is 4.29. The van der Waals surface area contributed by atoms with Crippen LogP contribution in [0.5, 0.6) is 0 Å². The van der Waals surface area contributed by atoms with Crippen LogP contribution in [0.2, 0.25) is 0 Å². The Morgan fingerprint density at radius 1 is 1.46 bits per heavy atom. The second kappa shape index (κ2) is 8.06. The molecule has 0 aromatic carbocycles. The molecule has 1 N–H and O–H groups in total. The second-order valence-electron chi connectivity index (χ2n) is 6.68. The van der Waals surface area contributed by atoms with Crippen molar-refractivity contribution in [2.45, 2.75) is 25.3 Å². The van der Waals surface area contributed by atoms with E-state index in [0.29, 0.717) is 18.7 Å². The number of amides is 2. The largest absolute Gasteiger partial charge is 0.350 e. The van der Waals surface area contributed by atoms with Crippen LogP contribution in [0.3, 0.4) is 0 Å². The Kier molecular flexibility index (Phi) is 6.09. The molecule has 24 heavy (non-hydrogen) atoms. The monoisotopic (exact) mass is 330 g/mol. The Bertz CT molecular complexity index is 600. The summed E-state index contributed by atoms with van der Waals surface area (Å²) in [5.41, 5.74) is 0.223. The van der Waals surface area contributed by atoms with Crippen molar-refractivity contribution in [2.24, 2.45) is 0 Å². The molecule has 6 heteroatoms. The van der Waals surface area contributed by atoms with Gasteiger partial charge in [0.15, 0.2) is 0 Å². The highest BCUT2D eigenvalue weighted by atomic mass is 16.2. The summed E-state index contributed by atoms with van der Waals surface area (Å²) in [5, 5.41) is 2.92. The fraction of sp³-hybridized carbons (Fsp3) is 0.500. The maximum Gasteiger partial charge on any atom is 0.255 e. The normalized spacial score (nSPS) is 20.8. The predicted octanol–water partition coefficient (Wildman–Crippen LogP) is 1.31. The maximum atomic E-state index is 12.7. The van der Waals surface area contributed by atoms with Crippen molar-refractivity contribution in [2.75, 3.05) is 33.7 Å². The van der Waals surface area contributed by atoms with Crippen molar-refractivity contribution in [3.8, 4) is 0 Å². The summed E-state index contributed by atoms with van der Waals surface area (Å²) in [7, 11) is 3.90. The zero-order valence-electron chi connectivity index (χ0n) is 14.7. The van der Waals surface area contributed by atoms with Gasteiger partial charge in [-0.2, -0.15) is 0 Å². The highest BCUT2D eigenvalue weighted by molar-refractivity contribution is 5.94. The van der Waals surface area contributed by atoms with Crippen LogP contribution in [0.25, 0.3) is 0 Å². The van der Waals surface area contributed by atoms with Crippen LogP contribution < -0.4 is 5.32 Å². The Morgan fingerprint density at radius 2 is 2.25 bits per heavy atom. The van der Waals surface area contributed by atoms with Gasteiger partial charge in [-0.05, 0) is 46.0 Å².